The number of nitrogens with zero attached hydrogens (tertiary/aromatic N) is 1. The molecule has 0 heterocycles. The molecular weight excluding hydrogens is 352 g/mol. The van der Waals surface area contributed by atoms with Crippen LogP contribution in [-0.4, -0.2) is 31.1 Å². The molecule has 0 aliphatic rings. The van der Waals surface area contributed by atoms with Gasteiger partial charge in [0.2, 0.25) is 0 Å². The van der Waals surface area contributed by atoms with E-state index in [2.05, 4.69) is 25.7 Å². The van der Waals surface area contributed by atoms with E-state index in [4.69, 9.17) is 5.73 Å². The van der Waals surface area contributed by atoms with Crippen molar-refractivity contribution in [3.63, 3.8) is 0 Å². The van der Waals surface area contributed by atoms with E-state index in [1.54, 1.807) is 0 Å². The minimum absolute atomic E-state index is 0.813. The summed E-state index contributed by atoms with van der Waals surface area (Å²) in [7, 11) is 0. The zero-order valence-electron chi connectivity index (χ0n) is 20.9. The highest BCUT2D eigenvalue weighted by molar-refractivity contribution is 4.60. The van der Waals surface area contributed by atoms with Gasteiger partial charge in [-0.3, -0.25) is 0 Å². The fraction of sp³-hybridized carbons (Fsp3) is 1.00. The fourth-order valence-corrected chi connectivity index (χ4v) is 4.41. The maximum absolute atomic E-state index is 5.82. The van der Waals surface area contributed by atoms with E-state index in [0.29, 0.717) is 0 Å². The molecule has 0 bridgehead atoms. The molecule has 29 heavy (non-hydrogen) atoms. The summed E-state index contributed by atoms with van der Waals surface area (Å²) in [5.41, 5.74) is 5.82. The number of rotatable bonds is 24. The van der Waals surface area contributed by atoms with Crippen molar-refractivity contribution in [1.82, 2.24) is 4.90 Å². The molecule has 0 aromatic rings. The topological polar surface area (TPSA) is 29.3 Å². The van der Waals surface area contributed by atoms with Gasteiger partial charge in [-0.1, -0.05) is 130 Å². The molecule has 2 heteroatoms. The summed E-state index contributed by atoms with van der Waals surface area (Å²) < 4.78 is 0. The first-order chi connectivity index (χ1) is 14.2. The third-order valence-electron chi connectivity index (χ3n) is 6.49. The van der Waals surface area contributed by atoms with Crippen LogP contribution in [0.4, 0.5) is 0 Å². The van der Waals surface area contributed by atoms with Gasteiger partial charge >= 0.3 is 0 Å². The van der Waals surface area contributed by atoms with Gasteiger partial charge in [0.1, 0.15) is 0 Å². The summed E-state index contributed by atoms with van der Waals surface area (Å²) in [4.78, 5) is 2.61. The Bertz CT molecular complexity index is 292. The highest BCUT2D eigenvalue weighted by atomic mass is 15.1. The predicted octanol–water partition coefficient (Wildman–Crippen LogP) is 8.33. The molecule has 2 N–H and O–H groups in total. The second-order valence-corrected chi connectivity index (χ2v) is 9.62. The predicted molar refractivity (Wildman–Crippen MR) is 134 cm³/mol. The van der Waals surface area contributed by atoms with Crippen molar-refractivity contribution in [2.75, 3.05) is 26.2 Å². The smallest absolute Gasteiger partial charge is 0.0105 e. The minimum atomic E-state index is 0.813. The van der Waals surface area contributed by atoms with Crippen LogP contribution in [0.15, 0.2) is 0 Å². The highest BCUT2D eigenvalue weighted by Gasteiger charge is 2.04. The maximum atomic E-state index is 5.82. The van der Waals surface area contributed by atoms with Crippen molar-refractivity contribution in [2.24, 2.45) is 11.7 Å². The fourth-order valence-electron chi connectivity index (χ4n) is 4.41. The second-order valence-electron chi connectivity index (χ2n) is 9.62. The van der Waals surface area contributed by atoms with Crippen LogP contribution in [0, 0.1) is 5.92 Å². The van der Waals surface area contributed by atoms with Crippen LogP contribution in [0.25, 0.3) is 0 Å². The Labute approximate surface area is 185 Å². The number of nitrogens with two attached hydrogens (primary N) is 1. The third kappa shape index (κ3) is 22.4. The van der Waals surface area contributed by atoms with E-state index in [9.17, 15) is 0 Å². The zero-order valence-corrected chi connectivity index (χ0v) is 20.9. The average Bonchev–Trinajstić information content (AvgIpc) is 2.72. The molecule has 0 amide bonds. The molecule has 0 aromatic carbocycles. The van der Waals surface area contributed by atoms with Crippen molar-refractivity contribution in [3.05, 3.63) is 0 Å². The molecule has 0 spiro atoms. The van der Waals surface area contributed by atoms with E-state index in [1.807, 2.05) is 0 Å². The first-order valence-electron chi connectivity index (χ1n) is 13.7. The number of unbranched alkanes of at least 4 members (excludes halogenated alkanes) is 14. The Kier molecular flexibility index (Phi) is 24.1. The van der Waals surface area contributed by atoms with E-state index in [-0.39, 0.29) is 0 Å². The monoisotopic (exact) mass is 410 g/mol. The summed E-state index contributed by atoms with van der Waals surface area (Å²) in [5, 5.41) is 0. The minimum Gasteiger partial charge on any atom is -0.329 e. The molecular formula is C27H58N2. The normalized spacial score (nSPS) is 12.7. The van der Waals surface area contributed by atoms with Crippen molar-refractivity contribution in [3.8, 4) is 0 Å². The van der Waals surface area contributed by atoms with Crippen LogP contribution >= 0.6 is 0 Å². The highest BCUT2D eigenvalue weighted by Crippen LogP contribution is 2.18. The van der Waals surface area contributed by atoms with Gasteiger partial charge in [0.15, 0.2) is 0 Å². The van der Waals surface area contributed by atoms with Gasteiger partial charge in [-0.05, 0) is 31.8 Å². The van der Waals surface area contributed by atoms with Crippen LogP contribution < -0.4 is 5.73 Å². The quantitative estimate of drug-likeness (QED) is 0.162. The Hall–Kier alpha value is -0.0800. The van der Waals surface area contributed by atoms with Gasteiger partial charge in [-0.2, -0.15) is 0 Å². The maximum Gasteiger partial charge on any atom is 0.0105 e. The lowest BCUT2D eigenvalue weighted by molar-refractivity contribution is 0.267. The molecule has 0 saturated heterocycles. The standard InChI is InChI=1S/C27H58N2/c1-4-6-8-9-15-19-24-29(26-23-28)25-20-16-13-11-10-12-14-18-22-27(3)21-17-7-5-2/h27H,4-26,28H2,1-3H3. The molecule has 0 radical (unpaired) electrons. The summed E-state index contributed by atoms with van der Waals surface area (Å²) in [6, 6.07) is 0. The molecule has 2 nitrogen and oxygen atoms in total. The van der Waals surface area contributed by atoms with Crippen LogP contribution in [0.5, 0.6) is 0 Å². The Morgan fingerprint density at radius 2 is 0.897 bits per heavy atom. The Morgan fingerprint density at radius 3 is 1.38 bits per heavy atom. The van der Waals surface area contributed by atoms with Crippen molar-refractivity contribution >= 4 is 0 Å². The van der Waals surface area contributed by atoms with Gasteiger partial charge in [0, 0.05) is 13.1 Å². The third-order valence-corrected chi connectivity index (χ3v) is 6.49. The van der Waals surface area contributed by atoms with Gasteiger partial charge in [0.25, 0.3) is 0 Å². The lowest BCUT2D eigenvalue weighted by atomic mass is 9.96. The molecule has 0 aromatic heterocycles. The molecule has 0 aliphatic heterocycles. The lowest BCUT2D eigenvalue weighted by Gasteiger charge is -2.21. The molecule has 0 aliphatic carbocycles. The number of hydrogen-bond donors (Lipinski definition) is 1. The van der Waals surface area contributed by atoms with Crippen molar-refractivity contribution in [2.45, 2.75) is 143 Å². The van der Waals surface area contributed by atoms with Crippen LogP contribution in [0.2, 0.25) is 0 Å². The van der Waals surface area contributed by atoms with Gasteiger partial charge in [0.05, 0.1) is 0 Å². The summed E-state index contributed by atoms with van der Waals surface area (Å²) in [6.45, 7) is 11.5. The SMILES string of the molecule is CCCCCCCCN(CCN)CCCCCCCCCCC(C)CCCCC. The summed E-state index contributed by atoms with van der Waals surface area (Å²) in [5.74, 6) is 0.953. The molecule has 176 valence electrons. The zero-order chi connectivity index (χ0) is 21.4. The van der Waals surface area contributed by atoms with Gasteiger partial charge < -0.3 is 10.6 Å². The Morgan fingerprint density at radius 1 is 0.517 bits per heavy atom. The van der Waals surface area contributed by atoms with Crippen LogP contribution in [0.3, 0.4) is 0 Å². The van der Waals surface area contributed by atoms with Crippen LogP contribution in [0.1, 0.15) is 143 Å². The number of hydrogen-bond acceptors (Lipinski definition) is 2. The summed E-state index contributed by atoms with van der Waals surface area (Å²) >= 11 is 0. The van der Waals surface area contributed by atoms with E-state index < -0.39 is 0 Å². The first kappa shape index (κ1) is 28.9. The van der Waals surface area contributed by atoms with Crippen molar-refractivity contribution < 1.29 is 0 Å². The van der Waals surface area contributed by atoms with Gasteiger partial charge in [-0.15, -0.1) is 0 Å². The molecule has 0 rings (SSSR count). The molecule has 1 unspecified atom stereocenters. The first-order valence-corrected chi connectivity index (χ1v) is 13.7. The largest absolute Gasteiger partial charge is 0.329 e. The summed E-state index contributed by atoms with van der Waals surface area (Å²) in [6.07, 6.45) is 27.0. The van der Waals surface area contributed by atoms with E-state index in [1.165, 1.54) is 135 Å². The van der Waals surface area contributed by atoms with Gasteiger partial charge in [-0.25, -0.2) is 0 Å². The van der Waals surface area contributed by atoms with Crippen molar-refractivity contribution in [1.29, 1.82) is 0 Å². The Balaban J connectivity index is 3.42. The van der Waals surface area contributed by atoms with E-state index in [0.717, 1.165) is 19.0 Å². The van der Waals surface area contributed by atoms with E-state index >= 15 is 0 Å². The second kappa shape index (κ2) is 24.2. The molecule has 1 atom stereocenters. The molecule has 0 fully saturated rings. The average molecular weight is 411 g/mol. The van der Waals surface area contributed by atoms with Crippen LogP contribution in [-0.2, 0) is 0 Å². The lowest BCUT2D eigenvalue weighted by Crippen LogP contribution is -2.31. The molecule has 0 saturated carbocycles.